The number of amides is 1. The first-order valence-electron chi connectivity index (χ1n) is 24.3. The van der Waals surface area contributed by atoms with Gasteiger partial charge in [-0.1, -0.05) is 82.6 Å². The van der Waals surface area contributed by atoms with Crippen molar-refractivity contribution < 1.29 is 51.1 Å². The van der Waals surface area contributed by atoms with E-state index in [9.17, 15) is 38.1 Å². The van der Waals surface area contributed by atoms with E-state index in [1.807, 2.05) is 47.7 Å². The number of carbonyl (C=O) groups is 3. The molecule has 2 aromatic rings. The van der Waals surface area contributed by atoms with Gasteiger partial charge in [0.05, 0.1) is 19.1 Å². The number of hydrogen-bond acceptors (Lipinski definition) is 15. The SMILES string of the molecule is CCCCNC(=O)CCC(=O)CCC(=O)O[C@@H]1C(O[Si](C(C)C)(C(C)C)C(C)C)[C@H](n2ccc(=O)[nH]c2=O)O[C@@H]1COP(C)(=O)O[C@@H]1C(O[Si](C)(C)C(C)(C)C)[C@H](n2ccc(=O)[nH]c2=O)O[C@@H]1CC. The van der Waals surface area contributed by atoms with Gasteiger partial charge in [-0.15, -0.1) is 0 Å². The molecule has 3 N–H and O–H groups in total. The Kier molecular flexibility index (Phi) is 20.3. The summed E-state index contributed by atoms with van der Waals surface area (Å²) in [5, 5.41) is 2.46. The van der Waals surface area contributed by atoms with Crippen molar-refractivity contribution in [3.8, 4) is 0 Å². The molecule has 2 fully saturated rings. The topological polar surface area (TPSA) is 255 Å². The molecule has 390 valence electrons. The first kappa shape index (κ1) is 58.0. The molecule has 2 aliphatic heterocycles. The molecule has 0 saturated carbocycles. The molecule has 69 heavy (non-hydrogen) atoms. The van der Waals surface area contributed by atoms with Crippen molar-refractivity contribution in [3.05, 3.63) is 66.2 Å². The molecule has 0 spiro atoms. The quantitative estimate of drug-likeness (QED) is 0.0420. The third-order valence-corrected chi connectivity index (χ3v) is 25.5. The molecule has 20 nitrogen and oxygen atoms in total. The van der Waals surface area contributed by atoms with E-state index in [0.29, 0.717) is 13.0 Å². The largest absolute Gasteiger partial charge is 0.457 e. The van der Waals surface area contributed by atoms with Gasteiger partial charge in [-0.2, -0.15) is 0 Å². The summed E-state index contributed by atoms with van der Waals surface area (Å²) in [7, 11) is -9.77. The van der Waals surface area contributed by atoms with Gasteiger partial charge in [-0.05, 0) is 47.6 Å². The minimum Gasteiger partial charge on any atom is -0.457 e. The molecular formula is C46H78N5O15PSi2. The van der Waals surface area contributed by atoms with Crippen molar-refractivity contribution in [3.63, 3.8) is 0 Å². The first-order chi connectivity index (χ1) is 32.1. The zero-order chi connectivity index (χ0) is 51.8. The number of H-pyrrole nitrogens is 2. The molecular weight excluding hydrogens is 950 g/mol. The number of Topliss-reactive ketones (excluding diaryl/α,β-unsaturated/α-hetero) is 1. The van der Waals surface area contributed by atoms with Crippen LogP contribution in [0.15, 0.2) is 43.7 Å². The predicted octanol–water partition coefficient (Wildman–Crippen LogP) is 6.43. The molecule has 0 aromatic carbocycles. The number of esters is 1. The Labute approximate surface area is 407 Å². The smallest absolute Gasteiger partial charge is 0.330 e. The summed E-state index contributed by atoms with van der Waals surface area (Å²) in [4.78, 5) is 94.7. The summed E-state index contributed by atoms with van der Waals surface area (Å²) in [6.45, 7) is 27.6. The van der Waals surface area contributed by atoms with Crippen LogP contribution < -0.4 is 27.8 Å². The summed E-state index contributed by atoms with van der Waals surface area (Å²) in [6, 6.07) is 2.34. The Balaban J connectivity index is 1.73. The molecule has 3 unspecified atom stereocenters. The lowest BCUT2D eigenvalue weighted by atomic mass is 10.1. The van der Waals surface area contributed by atoms with E-state index in [2.05, 4.69) is 56.8 Å². The summed E-state index contributed by atoms with van der Waals surface area (Å²) in [6.07, 6.45) is -4.94. The van der Waals surface area contributed by atoms with Crippen molar-refractivity contribution >= 4 is 41.9 Å². The number of aromatic amines is 2. The highest BCUT2D eigenvalue weighted by Gasteiger charge is 2.57. The average molecular weight is 1030 g/mol. The van der Waals surface area contributed by atoms with Crippen LogP contribution in [0.2, 0.25) is 34.8 Å². The number of hydrogen-bond donors (Lipinski definition) is 3. The summed E-state index contributed by atoms with van der Waals surface area (Å²) < 4.78 is 63.1. The predicted molar refractivity (Wildman–Crippen MR) is 264 cm³/mol. The molecule has 4 rings (SSSR count). The average Bonchev–Trinajstić information content (AvgIpc) is 3.74. The lowest BCUT2D eigenvalue weighted by Crippen LogP contribution is -2.54. The number of carbonyl (C=O) groups excluding carboxylic acids is 3. The molecule has 0 radical (unpaired) electrons. The highest BCUT2D eigenvalue weighted by molar-refractivity contribution is 7.53. The second-order valence-corrected chi connectivity index (χ2v) is 32.8. The zero-order valence-corrected chi connectivity index (χ0v) is 45.9. The number of ketones is 1. The molecule has 2 saturated heterocycles. The van der Waals surface area contributed by atoms with Crippen molar-refractivity contribution in [2.24, 2.45) is 0 Å². The number of nitrogens with zero attached hydrogens (tertiary/aromatic N) is 2. The molecule has 0 aliphatic carbocycles. The van der Waals surface area contributed by atoms with Gasteiger partial charge in [0.15, 0.2) is 26.9 Å². The van der Waals surface area contributed by atoms with Crippen LogP contribution >= 0.6 is 7.60 Å². The van der Waals surface area contributed by atoms with Crippen molar-refractivity contribution in [2.45, 2.75) is 205 Å². The maximum absolute atomic E-state index is 14.8. The lowest BCUT2D eigenvalue weighted by Gasteiger charge is -2.45. The van der Waals surface area contributed by atoms with Crippen LogP contribution in [0.4, 0.5) is 0 Å². The molecule has 2 aliphatic rings. The number of aromatic nitrogens is 4. The van der Waals surface area contributed by atoms with Crippen molar-refractivity contribution in [1.29, 1.82) is 0 Å². The summed E-state index contributed by atoms with van der Waals surface area (Å²) >= 11 is 0. The van der Waals surface area contributed by atoms with Crippen LogP contribution in [0, 0.1) is 0 Å². The minimum atomic E-state index is -4.19. The standard InChI is InChI=1S/C46H78N5O15PSi2/c1-15-17-24-47-34(53)20-18-31(52)19-21-37(56)63-38-33(62-42(50-25-22-35(54)48-44(50)57)40(38)66-69(28(3)4,29(5)6)30(7)8)27-60-67(12,59)64-39-32(16-2)61-43(51-26-23-36(55)49-45(51)58)41(39)65-68(13,14)46(9,10)11/h22-23,25-26,28-30,32-33,38-43H,15-21,24,27H2,1-14H3,(H,47,53)(H,48,54,57)(H,49,55,58)/t32-,33-,38+,39+,40?,41?,42-,43-,67?/m1/s1. The molecule has 0 bridgehead atoms. The molecule has 23 heteroatoms. The zero-order valence-electron chi connectivity index (χ0n) is 43.0. The van der Waals surface area contributed by atoms with Crippen LogP contribution in [0.1, 0.15) is 134 Å². The van der Waals surface area contributed by atoms with E-state index in [1.54, 1.807) is 0 Å². The van der Waals surface area contributed by atoms with Crippen molar-refractivity contribution in [1.82, 2.24) is 24.4 Å². The van der Waals surface area contributed by atoms with Gasteiger partial charge in [0, 0.05) is 57.0 Å². The van der Waals surface area contributed by atoms with Crippen LogP contribution in [0.25, 0.3) is 0 Å². The van der Waals surface area contributed by atoms with Gasteiger partial charge in [0.25, 0.3) is 11.1 Å². The minimum absolute atomic E-state index is 0.00982. The van der Waals surface area contributed by atoms with Crippen LogP contribution in [-0.2, 0) is 51.1 Å². The number of ether oxygens (including phenoxy) is 3. The van der Waals surface area contributed by atoms with Crippen molar-refractivity contribution in [2.75, 3.05) is 19.8 Å². The van der Waals surface area contributed by atoms with E-state index in [-0.39, 0.29) is 59.0 Å². The second-order valence-electron chi connectivity index (χ2n) is 20.6. The van der Waals surface area contributed by atoms with E-state index < -0.39 is 108 Å². The lowest BCUT2D eigenvalue weighted by molar-refractivity contribution is -0.156. The summed E-state index contributed by atoms with van der Waals surface area (Å²) in [5.74, 6) is -1.36. The Hall–Kier alpha value is -3.61. The molecule has 2 aromatic heterocycles. The highest BCUT2D eigenvalue weighted by atomic mass is 31.2. The van der Waals surface area contributed by atoms with Gasteiger partial charge in [0.1, 0.15) is 30.2 Å². The van der Waals surface area contributed by atoms with E-state index in [4.69, 9.17) is 32.1 Å². The van der Waals surface area contributed by atoms with Gasteiger partial charge >= 0.3 is 24.9 Å². The van der Waals surface area contributed by atoms with Gasteiger partial charge in [-0.25, -0.2) is 9.59 Å². The molecule has 1 amide bonds. The highest BCUT2D eigenvalue weighted by Crippen LogP contribution is 2.53. The van der Waals surface area contributed by atoms with Crippen LogP contribution in [0.3, 0.4) is 0 Å². The Morgan fingerprint density at radius 3 is 1.75 bits per heavy atom. The maximum Gasteiger partial charge on any atom is 0.330 e. The monoisotopic (exact) mass is 1030 g/mol. The van der Waals surface area contributed by atoms with E-state index >= 15 is 0 Å². The van der Waals surface area contributed by atoms with Crippen LogP contribution in [0.5, 0.6) is 0 Å². The maximum atomic E-state index is 14.8. The Morgan fingerprint density at radius 2 is 1.28 bits per heavy atom. The number of unbranched alkanes of at least 4 members (excludes halogenated alkanes) is 1. The number of nitrogens with one attached hydrogen (secondary N) is 3. The fraction of sp³-hybridized carbons (Fsp3) is 0.761. The van der Waals surface area contributed by atoms with Crippen LogP contribution in [-0.4, -0.2) is 110 Å². The fourth-order valence-electron chi connectivity index (χ4n) is 9.05. The van der Waals surface area contributed by atoms with Gasteiger partial charge in [-0.3, -0.25) is 52.2 Å². The Morgan fingerprint density at radius 1 is 0.768 bits per heavy atom. The van der Waals surface area contributed by atoms with Gasteiger partial charge < -0.3 is 32.9 Å². The van der Waals surface area contributed by atoms with E-state index in [0.717, 1.165) is 23.5 Å². The second kappa shape index (κ2) is 24.2. The van der Waals surface area contributed by atoms with E-state index in [1.165, 1.54) is 29.7 Å². The number of rotatable bonds is 25. The fourth-order valence-corrected chi connectivity index (χ4v) is 17.0. The summed E-state index contributed by atoms with van der Waals surface area (Å²) in [5.41, 5.74) is -2.77. The molecule has 4 heterocycles. The Bertz CT molecular complexity index is 2340. The first-order valence-corrected chi connectivity index (χ1v) is 31.3. The third-order valence-electron chi connectivity index (χ3n) is 13.7. The third kappa shape index (κ3) is 14.5. The molecule has 9 atom stereocenters. The van der Waals surface area contributed by atoms with Gasteiger partial charge in [0.2, 0.25) is 14.2 Å². The normalized spacial score (nSPS) is 24.2.